The van der Waals surface area contributed by atoms with Gasteiger partial charge in [0.15, 0.2) is 0 Å². The number of amides is 1. The molecule has 1 atom stereocenters. The Morgan fingerprint density at radius 2 is 2.10 bits per heavy atom. The maximum absolute atomic E-state index is 12.2. The molecular weight excluding hydrogens is 440 g/mol. The second kappa shape index (κ2) is 10.7. The van der Waals surface area contributed by atoms with Crippen LogP contribution in [-0.4, -0.2) is 49.5 Å². The lowest BCUT2D eigenvalue weighted by Crippen LogP contribution is -2.48. The van der Waals surface area contributed by atoms with Crippen LogP contribution in [0.25, 0.3) is 0 Å². The summed E-state index contributed by atoms with van der Waals surface area (Å²) in [4.78, 5) is 28.1. The molecule has 1 aliphatic rings. The number of nitrogens with zero attached hydrogens (tertiary/aromatic N) is 1. The molecule has 0 saturated carbocycles. The van der Waals surface area contributed by atoms with Crippen LogP contribution in [0.15, 0.2) is 33.9 Å². The van der Waals surface area contributed by atoms with Crippen LogP contribution in [-0.2, 0) is 32.5 Å². The molecule has 0 radical (unpaired) electrons. The summed E-state index contributed by atoms with van der Waals surface area (Å²) < 4.78 is 26.5. The van der Waals surface area contributed by atoms with E-state index in [1.165, 1.54) is 11.6 Å². The Bertz CT molecular complexity index is 1010. The highest BCUT2D eigenvalue weighted by atomic mass is 32.2. The molecule has 3 heterocycles. The van der Waals surface area contributed by atoms with Gasteiger partial charge in [-0.3, -0.25) is 9.59 Å². The van der Waals surface area contributed by atoms with E-state index in [4.69, 9.17) is 0 Å². The number of aryl methyl sites for hydroxylation is 2. The van der Waals surface area contributed by atoms with Gasteiger partial charge in [-0.05, 0) is 55.2 Å². The lowest BCUT2D eigenvalue weighted by atomic mass is 10.1. The highest BCUT2D eigenvalue weighted by molar-refractivity contribution is 7.91. The van der Waals surface area contributed by atoms with Crippen molar-refractivity contribution in [3.63, 3.8) is 0 Å². The molecule has 0 saturated heterocycles. The number of nitrogens with one attached hydrogen (secondary N) is 3. The first-order valence-electron chi connectivity index (χ1n) is 10.1. The van der Waals surface area contributed by atoms with Gasteiger partial charge in [-0.2, -0.15) is 4.72 Å². The number of rotatable bonds is 11. The van der Waals surface area contributed by atoms with Crippen LogP contribution in [0.1, 0.15) is 36.9 Å². The van der Waals surface area contributed by atoms with Gasteiger partial charge in [0.25, 0.3) is 10.0 Å². The van der Waals surface area contributed by atoms with Gasteiger partial charge in [0.05, 0.1) is 0 Å². The fourth-order valence-electron chi connectivity index (χ4n) is 3.25. The summed E-state index contributed by atoms with van der Waals surface area (Å²) in [6.07, 6.45) is 4.52. The number of hydrogen-bond acceptors (Lipinski definition) is 7. The van der Waals surface area contributed by atoms with Gasteiger partial charge in [0, 0.05) is 25.2 Å². The van der Waals surface area contributed by atoms with E-state index < -0.39 is 22.0 Å². The van der Waals surface area contributed by atoms with Crippen molar-refractivity contribution in [2.24, 2.45) is 0 Å². The number of carboxylic acid groups (broad SMARTS) is 1. The highest BCUT2D eigenvalue weighted by Gasteiger charge is 2.26. The van der Waals surface area contributed by atoms with Gasteiger partial charge < -0.3 is 15.7 Å². The van der Waals surface area contributed by atoms with Crippen molar-refractivity contribution in [1.29, 1.82) is 0 Å². The average Bonchev–Trinajstić information content (AvgIpc) is 3.30. The first-order chi connectivity index (χ1) is 14.8. The molecule has 1 amide bonds. The minimum absolute atomic E-state index is 0.0241. The van der Waals surface area contributed by atoms with Crippen LogP contribution in [0.4, 0.5) is 5.82 Å². The number of carbonyl (C=O) groups excluding carboxylic acids is 1. The summed E-state index contributed by atoms with van der Waals surface area (Å²) in [7, 11) is -3.94. The van der Waals surface area contributed by atoms with E-state index in [1.807, 2.05) is 6.07 Å². The molecule has 1 unspecified atom stereocenters. The van der Waals surface area contributed by atoms with Gasteiger partial charge in [0.2, 0.25) is 5.91 Å². The van der Waals surface area contributed by atoms with Crippen LogP contribution in [0.5, 0.6) is 0 Å². The van der Waals surface area contributed by atoms with Crippen molar-refractivity contribution in [2.75, 3.05) is 18.4 Å². The zero-order valence-corrected chi connectivity index (χ0v) is 18.6. The van der Waals surface area contributed by atoms with Gasteiger partial charge in [0.1, 0.15) is 16.1 Å². The quantitative estimate of drug-likeness (QED) is 0.370. The minimum atomic E-state index is -3.94. The number of anilines is 1. The third-order valence-corrected chi connectivity index (χ3v) is 7.77. The number of thiophene rings is 1. The second-order valence-corrected chi connectivity index (χ2v) is 10.2. The normalized spacial score (nSPS) is 14.3. The Morgan fingerprint density at radius 3 is 2.84 bits per heavy atom. The number of carbonyl (C=O) groups is 2. The van der Waals surface area contributed by atoms with E-state index in [9.17, 15) is 23.1 Å². The van der Waals surface area contributed by atoms with E-state index in [0.717, 1.165) is 55.1 Å². The largest absolute Gasteiger partial charge is 0.480 e. The number of sulfonamides is 1. The topological polar surface area (TPSA) is 137 Å². The van der Waals surface area contributed by atoms with Crippen LogP contribution < -0.4 is 15.4 Å². The van der Waals surface area contributed by atoms with Gasteiger partial charge in [-0.25, -0.2) is 13.4 Å². The molecule has 2 aromatic rings. The molecule has 4 N–H and O–H groups in total. The zero-order valence-electron chi connectivity index (χ0n) is 17.0. The van der Waals surface area contributed by atoms with Crippen LogP contribution in [0.3, 0.4) is 0 Å². The summed E-state index contributed by atoms with van der Waals surface area (Å²) in [5, 5.41) is 16.7. The monoisotopic (exact) mass is 466 g/mol. The Hall–Kier alpha value is -2.50. The molecule has 1 aliphatic heterocycles. The fraction of sp³-hybridized carbons (Fsp3) is 0.450. The van der Waals surface area contributed by atoms with Crippen LogP contribution >= 0.6 is 11.3 Å². The first-order valence-corrected chi connectivity index (χ1v) is 12.5. The van der Waals surface area contributed by atoms with Crippen molar-refractivity contribution >= 4 is 39.1 Å². The molecule has 3 rings (SSSR count). The number of carboxylic acids is 1. The third-order valence-electron chi connectivity index (χ3n) is 4.90. The van der Waals surface area contributed by atoms with Crippen molar-refractivity contribution in [1.82, 2.24) is 15.0 Å². The SMILES string of the molecule is O=C(CCCCc1ccc2c(n1)NCCC2)NCC(NS(=O)(=O)c1cccs1)C(=O)O. The van der Waals surface area contributed by atoms with E-state index in [-0.39, 0.29) is 23.1 Å². The number of fused-ring (bicyclic) bond motifs is 1. The fourth-order valence-corrected chi connectivity index (χ4v) is 5.44. The van der Waals surface area contributed by atoms with E-state index in [2.05, 4.69) is 26.4 Å². The molecule has 0 aromatic carbocycles. The molecular formula is C20H26N4O5S2. The van der Waals surface area contributed by atoms with Gasteiger partial charge in [-0.15, -0.1) is 11.3 Å². The summed E-state index contributed by atoms with van der Waals surface area (Å²) in [6, 6.07) is 5.62. The van der Waals surface area contributed by atoms with E-state index in [1.54, 1.807) is 11.4 Å². The van der Waals surface area contributed by atoms with Crippen molar-refractivity contribution in [2.45, 2.75) is 48.8 Å². The van der Waals surface area contributed by atoms with E-state index >= 15 is 0 Å². The summed E-state index contributed by atoms with van der Waals surface area (Å²) in [5.74, 6) is -0.722. The number of unbranched alkanes of at least 4 members (excludes halogenated alkanes) is 1. The lowest BCUT2D eigenvalue weighted by molar-refractivity contribution is -0.138. The average molecular weight is 467 g/mol. The molecule has 0 bridgehead atoms. The molecule has 31 heavy (non-hydrogen) atoms. The number of pyridine rings is 1. The number of hydrogen-bond donors (Lipinski definition) is 4. The lowest BCUT2D eigenvalue weighted by Gasteiger charge is -2.17. The van der Waals surface area contributed by atoms with Crippen molar-refractivity contribution in [3.05, 3.63) is 40.9 Å². The van der Waals surface area contributed by atoms with Crippen LogP contribution in [0.2, 0.25) is 0 Å². The maximum atomic E-state index is 12.2. The molecule has 0 aliphatic carbocycles. The van der Waals surface area contributed by atoms with Crippen molar-refractivity contribution < 1.29 is 23.1 Å². The van der Waals surface area contributed by atoms with Crippen molar-refractivity contribution in [3.8, 4) is 0 Å². The molecule has 0 fully saturated rings. The Balaban J connectivity index is 1.40. The Kier molecular flexibility index (Phi) is 7.99. The third kappa shape index (κ3) is 6.74. The smallest absolute Gasteiger partial charge is 0.323 e. The molecule has 168 valence electrons. The predicted octanol–water partition coefficient (Wildman–Crippen LogP) is 1.76. The summed E-state index contributed by atoms with van der Waals surface area (Å²) in [6.45, 7) is 0.612. The summed E-state index contributed by atoms with van der Waals surface area (Å²) >= 11 is 0.987. The number of aromatic nitrogens is 1. The minimum Gasteiger partial charge on any atom is -0.480 e. The zero-order chi connectivity index (χ0) is 22.3. The predicted molar refractivity (Wildman–Crippen MR) is 118 cm³/mol. The first kappa shape index (κ1) is 23.2. The van der Waals surface area contributed by atoms with Gasteiger partial charge in [-0.1, -0.05) is 12.1 Å². The maximum Gasteiger partial charge on any atom is 0.323 e. The highest BCUT2D eigenvalue weighted by Crippen LogP contribution is 2.20. The summed E-state index contributed by atoms with van der Waals surface area (Å²) in [5.41, 5.74) is 2.21. The molecule has 11 heteroatoms. The molecule has 9 nitrogen and oxygen atoms in total. The van der Waals surface area contributed by atoms with Crippen LogP contribution in [0, 0.1) is 0 Å². The molecule has 2 aromatic heterocycles. The molecule has 0 spiro atoms. The number of aliphatic carboxylic acids is 1. The van der Waals surface area contributed by atoms with E-state index in [0.29, 0.717) is 6.42 Å². The second-order valence-electron chi connectivity index (χ2n) is 7.30. The Morgan fingerprint density at radius 1 is 1.26 bits per heavy atom. The van der Waals surface area contributed by atoms with Gasteiger partial charge >= 0.3 is 5.97 Å². The standard InChI is InChI=1S/C20H26N4O5S2/c25-17(7-2-1-6-15-10-9-14-5-3-11-21-19(14)23-15)22-13-16(20(26)27)24-31(28,29)18-8-4-12-30-18/h4,8-10,12,16,24H,1-3,5-7,11,13H2,(H,21,23)(H,22,25)(H,26,27). The Labute approximate surface area is 185 Å².